The lowest BCUT2D eigenvalue weighted by Crippen LogP contribution is -2.31. The van der Waals surface area contributed by atoms with Crippen LogP contribution in [0.3, 0.4) is 0 Å². The van der Waals surface area contributed by atoms with Crippen LogP contribution in [0.1, 0.15) is 20.8 Å². The Morgan fingerprint density at radius 1 is 1.35 bits per heavy atom. The maximum absolute atomic E-state index is 10.9. The molecule has 0 aliphatic rings. The highest BCUT2D eigenvalue weighted by Gasteiger charge is 2.16. The summed E-state index contributed by atoms with van der Waals surface area (Å²) in [5, 5.41) is 14.2. The fourth-order valence-corrected chi connectivity index (χ4v) is 1.74. The normalized spacial score (nSPS) is 12.2. The molecule has 1 atom stereocenters. The molecule has 0 aliphatic carbocycles. The van der Waals surface area contributed by atoms with Crippen molar-refractivity contribution in [1.82, 2.24) is 0 Å². The lowest BCUT2D eigenvalue weighted by atomic mass is 10.0. The van der Waals surface area contributed by atoms with Gasteiger partial charge in [-0.2, -0.15) is 0 Å². The second-order valence-corrected chi connectivity index (χ2v) is 4.82. The number of hydrazine groups is 1. The number of ether oxygens (including phenoxy) is 1. The van der Waals surface area contributed by atoms with Crippen molar-refractivity contribution < 1.29 is 9.66 Å². The number of nitro benzene ring substituents is 1. The fraction of sp³-hybridized carbons (Fsp3) is 0.538. The number of benzene rings is 1. The first-order valence-corrected chi connectivity index (χ1v) is 6.58. The molecule has 1 aromatic rings. The predicted molar refractivity (Wildman–Crippen MR) is 79.6 cm³/mol. The van der Waals surface area contributed by atoms with Gasteiger partial charge in [-0.15, -0.1) is 0 Å². The summed E-state index contributed by atoms with van der Waals surface area (Å²) in [7, 11) is 0. The number of nitrogen functional groups attached to an aromatic ring is 1. The third kappa shape index (κ3) is 4.67. The zero-order chi connectivity index (χ0) is 15.1. The third-order valence-corrected chi connectivity index (χ3v) is 2.95. The van der Waals surface area contributed by atoms with Crippen molar-refractivity contribution >= 4 is 17.1 Å². The molecule has 0 saturated heterocycles. The second kappa shape index (κ2) is 7.66. The highest BCUT2D eigenvalue weighted by atomic mass is 16.6. The molecule has 4 N–H and O–H groups in total. The maximum atomic E-state index is 10.9. The molecule has 0 amide bonds. The van der Waals surface area contributed by atoms with Gasteiger partial charge in [0.25, 0.3) is 5.69 Å². The maximum Gasteiger partial charge on any atom is 0.273 e. The summed E-state index contributed by atoms with van der Waals surface area (Å²) in [5.41, 5.74) is 3.55. The number of nitro groups is 1. The van der Waals surface area contributed by atoms with Gasteiger partial charge in [-0.05, 0) is 18.9 Å². The van der Waals surface area contributed by atoms with E-state index in [1.54, 1.807) is 6.07 Å². The van der Waals surface area contributed by atoms with Crippen LogP contribution >= 0.6 is 0 Å². The molecule has 1 aromatic carbocycles. The summed E-state index contributed by atoms with van der Waals surface area (Å²) >= 11 is 0. The van der Waals surface area contributed by atoms with Gasteiger partial charge in [-0.25, -0.2) is 0 Å². The molecule has 0 aromatic heterocycles. The summed E-state index contributed by atoms with van der Waals surface area (Å²) in [6.45, 7) is 7.24. The quantitative estimate of drug-likeness (QED) is 0.384. The Kier molecular flexibility index (Phi) is 6.20. The Morgan fingerprint density at radius 3 is 2.50 bits per heavy atom. The van der Waals surface area contributed by atoms with Gasteiger partial charge in [0.2, 0.25) is 0 Å². The highest BCUT2D eigenvalue weighted by Crippen LogP contribution is 2.25. The molecular formula is C13H22N4O3. The number of rotatable bonds is 8. The topological polar surface area (TPSA) is 102 Å². The van der Waals surface area contributed by atoms with Gasteiger partial charge in [0.1, 0.15) is 0 Å². The van der Waals surface area contributed by atoms with Crippen LogP contribution in [0.5, 0.6) is 0 Å². The van der Waals surface area contributed by atoms with Gasteiger partial charge < -0.3 is 15.5 Å². The minimum atomic E-state index is -0.445. The SMILES string of the molecule is CCOCC(Nc1cc(NN)cc([N+](=O)[O-])c1)C(C)C. The van der Waals surface area contributed by atoms with Gasteiger partial charge in [0.05, 0.1) is 23.3 Å². The Hall–Kier alpha value is -1.86. The van der Waals surface area contributed by atoms with Crippen LogP contribution in [-0.4, -0.2) is 24.2 Å². The van der Waals surface area contributed by atoms with E-state index in [1.165, 1.54) is 12.1 Å². The number of hydrogen-bond acceptors (Lipinski definition) is 6. The fourth-order valence-electron chi connectivity index (χ4n) is 1.74. The van der Waals surface area contributed by atoms with Crippen LogP contribution in [0.4, 0.5) is 17.1 Å². The molecule has 20 heavy (non-hydrogen) atoms. The van der Waals surface area contributed by atoms with Crippen molar-refractivity contribution in [2.45, 2.75) is 26.8 Å². The summed E-state index contributed by atoms with van der Waals surface area (Å²) in [5.74, 6) is 5.66. The minimum Gasteiger partial charge on any atom is -0.380 e. The molecule has 7 nitrogen and oxygen atoms in total. The van der Waals surface area contributed by atoms with Crippen LogP contribution in [0, 0.1) is 16.0 Å². The van der Waals surface area contributed by atoms with Gasteiger partial charge in [0.15, 0.2) is 0 Å². The van der Waals surface area contributed by atoms with Crippen LogP contribution in [-0.2, 0) is 4.74 Å². The standard InChI is InChI=1S/C13H22N4O3/c1-4-20-8-13(9(2)3)15-10-5-11(16-14)7-12(6-10)17(18)19/h5-7,9,13,15-16H,4,8,14H2,1-3H3. The van der Waals surface area contributed by atoms with E-state index in [0.29, 0.717) is 30.5 Å². The molecule has 7 heteroatoms. The number of nitrogens with two attached hydrogens (primary N) is 1. The summed E-state index contributed by atoms with van der Waals surface area (Å²) in [4.78, 5) is 10.5. The second-order valence-electron chi connectivity index (χ2n) is 4.82. The Balaban J connectivity index is 2.93. The largest absolute Gasteiger partial charge is 0.380 e. The van der Waals surface area contributed by atoms with Gasteiger partial charge in [-0.1, -0.05) is 13.8 Å². The molecule has 0 saturated carbocycles. The van der Waals surface area contributed by atoms with Crippen LogP contribution in [0.15, 0.2) is 18.2 Å². The summed E-state index contributed by atoms with van der Waals surface area (Å²) in [6, 6.07) is 4.68. The summed E-state index contributed by atoms with van der Waals surface area (Å²) in [6.07, 6.45) is 0. The van der Waals surface area contributed by atoms with Gasteiger partial charge in [0, 0.05) is 24.4 Å². The lowest BCUT2D eigenvalue weighted by Gasteiger charge is -2.23. The molecule has 1 rings (SSSR count). The van der Waals surface area contributed by atoms with Crippen molar-refractivity contribution in [2.24, 2.45) is 11.8 Å². The minimum absolute atomic E-state index is 0.0122. The molecule has 0 aliphatic heterocycles. The molecule has 0 spiro atoms. The average molecular weight is 282 g/mol. The number of nitrogens with zero attached hydrogens (tertiary/aromatic N) is 1. The first-order chi connectivity index (χ1) is 9.47. The highest BCUT2D eigenvalue weighted by molar-refractivity contribution is 5.63. The van der Waals surface area contributed by atoms with E-state index in [9.17, 15) is 10.1 Å². The van der Waals surface area contributed by atoms with E-state index in [1.807, 2.05) is 6.92 Å². The van der Waals surface area contributed by atoms with Crippen molar-refractivity contribution in [3.05, 3.63) is 28.3 Å². The van der Waals surface area contributed by atoms with Crippen molar-refractivity contribution in [3.63, 3.8) is 0 Å². The average Bonchev–Trinajstić information content (AvgIpc) is 2.42. The number of anilines is 2. The molecule has 1 unspecified atom stereocenters. The third-order valence-electron chi connectivity index (χ3n) is 2.95. The van der Waals surface area contributed by atoms with Crippen LogP contribution in [0.2, 0.25) is 0 Å². The molecular weight excluding hydrogens is 260 g/mol. The van der Waals surface area contributed by atoms with E-state index < -0.39 is 4.92 Å². The Bertz CT molecular complexity index is 451. The van der Waals surface area contributed by atoms with E-state index in [0.717, 1.165) is 0 Å². The Morgan fingerprint density at radius 2 is 2.00 bits per heavy atom. The number of nitrogens with one attached hydrogen (secondary N) is 2. The zero-order valence-electron chi connectivity index (χ0n) is 12.1. The van der Waals surface area contributed by atoms with Crippen molar-refractivity contribution in [2.75, 3.05) is 24.0 Å². The zero-order valence-corrected chi connectivity index (χ0v) is 12.1. The van der Waals surface area contributed by atoms with Crippen LogP contribution in [0.25, 0.3) is 0 Å². The van der Waals surface area contributed by atoms with Crippen molar-refractivity contribution in [1.29, 1.82) is 0 Å². The smallest absolute Gasteiger partial charge is 0.273 e. The van der Waals surface area contributed by atoms with Gasteiger partial charge >= 0.3 is 0 Å². The van der Waals surface area contributed by atoms with Crippen LogP contribution < -0.4 is 16.6 Å². The molecule has 0 fully saturated rings. The monoisotopic (exact) mass is 282 g/mol. The molecule has 0 radical (unpaired) electrons. The van der Waals surface area contributed by atoms with E-state index in [4.69, 9.17) is 10.6 Å². The molecule has 0 bridgehead atoms. The first kappa shape index (κ1) is 16.2. The predicted octanol–water partition coefficient (Wildman–Crippen LogP) is 2.35. The molecule has 0 heterocycles. The number of non-ortho nitro benzene ring substituents is 1. The lowest BCUT2D eigenvalue weighted by molar-refractivity contribution is -0.384. The Labute approximate surface area is 118 Å². The van der Waals surface area contributed by atoms with Crippen molar-refractivity contribution in [3.8, 4) is 0 Å². The van der Waals surface area contributed by atoms with E-state index >= 15 is 0 Å². The summed E-state index contributed by atoms with van der Waals surface area (Å²) < 4.78 is 5.43. The number of hydrogen-bond donors (Lipinski definition) is 3. The van der Waals surface area contributed by atoms with E-state index in [-0.39, 0.29) is 11.7 Å². The van der Waals surface area contributed by atoms with Gasteiger partial charge in [-0.3, -0.25) is 16.0 Å². The molecule has 112 valence electrons. The van der Waals surface area contributed by atoms with E-state index in [2.05, 4.69) is 24.6 Å². The first-order valence-electron chi connectivity index (χ1n) is 6.58.